The Morgan fingerprint density at radius 2 is 2.04 bits per heavy atom. The monoisotopic (exact) mass is 365 g/mol. The molecular weight excluding hydrogens is 350 g/mol. The Labute approximate surface area is 154 Å². The number of nitro benzene ring substituents is 1. The molecule has 8 heteroatoms. The Hall–Kier alpha value is -3.18. The maximum absolute atomic E-state index is 10.9. The molecule has 0 saturated carbocycles. The third-order valence-electron chi connectivity index (χ3n) is 3.91. The van der Waals surface area contributed by atoms with Crippen LogP contribution < -0.4 is 0 Å². The molecule has 0 bridgehead atoms. The maximum Gasteiger partial charge on any atom is 0.270 e. The van der Waals surface area contributed by atoms with E-state index in [2.05, 4.69) is 10.2 Å². The minimum absolute atomic E-state index is 0.108. The Morgan fingerprint density at radius 3 is 2.69 bits per heavy atom. The highest BCUT2D eigenvalue weighted by atomic mass is 32.2. The fourth-order valence-corrected chi connectivity index (χ4v) is 3.53. The molecule has 0 fully saturated rings. The Balaban J connectivity index is 2.01. The summed E-state index contributed by atoms with van der Waals surface area (Å²) in [6.45, 7) is 4.67. The molecule has 3 aromatic rings. The minimum Gasteiger partial charge on any atom is -0.302 e. The van der Waals surface area contributed by atoms with Crippen molar-refractivity contribution in [3.05, 3.63) is 63.7 Å². The van der Waals surface area contributed by atoms with Crippen molar-refractivity contribution < 1.29 is 4.92 Å². The first-order valence-corrected chi connectivity index (χ1v) is 8.72. The van der Waals surface area contributed by atoms with E-state index in [-0.39, 0.29) is 11.3 Å². The molecule has 26 heavy (non-hydrogen) atoms. The van der Waals surface area contributed by atoms with Gasteiger partial charge in [-0.3, -0.25) is 10.1 Å². The topological polar surface area (TPSA) is 97.6 Å². The molecule has 0 atom stereocenters. The highest BCUT2D eigenvalue weighted by Crippen LogP contribution is 2.33. The Kier molecular flexibility index (Phi) is 5.00. The predicted molar refractivity (Wildman–Crippen MR) is 97.8 cm³/mol. The summed E-state index contributed by atoms with van der Waals surface area (Å²) >= 11 is 1.28. The van der Waals surface area contributed by atoms with E-state index in [9.17, 15) is 15.4 Å². The number of nitriles is 1. The number of hydrogen-bond acceptors (Lipinski definition) is 6. The van der Waals surface area contributed by atoms with E-state index in [0.717, 1.165) is 17.0 Å². The number of non-ortho nitro benzene ring substituents is 1. The molecule has 0 unspecified atom stereocenters. The molecule has 0 N–H and O–H groups in total. The molecule has 0 spiro atoms. The summed E-state index contributed by atoms with van der Waals surface area (Å²) in [5.41, 5.74) is 2.23. The van der Waals surface area contributed by atoms with E-state index in [4.69, 9.17) is 0 Å². The molecule has 1 aromatic heterocycles. The molecule has 2 aromatic carbocycles. The molecule has 3 rings (SSSR count). The van der Waals surface area contributed by atoms with Crippen molar-refractivity contribution in [3.8, 4) is 17.5 Å². The average molecular weight is 365 g/mol. The van der Waals surface area contributed by atoms with Crippen LogP contribution in [0.2, 0.25) is 0 Å². The van der Waals surface area contributed by atoms with E-state index in [0.29, 0.717) is 16.6 Å². The molecule has 0 radical (unpaired) electrons. The molecule has 1 heterocycles. The second-order valence-electron chi connectivity index (χ2n) is 5.52. The number of nitro groups is 1. The number of hydrogen-bond donors (Lipinski definition) is 0. The smallest absolute Gasteiger partial charge is 0.270 e. The van der Waals surface area contributed by atoms with Gasteiger partial charge in [0, 0.05) is 29.1 Å². The van der Waals surface area contributed by atoms with Gasteiger partial charge in [0.2, 0.25) is 0 Å². The first kappa shape index (κ1) is 17.6. The van der Waals surface area contributed by atoms with Crippen molar-refractivity contribution in [1.82, 2.24) is 14.8 Å². The fourth-order valence-electron chi connectivity index (χ4n) is 2.58. The van der Waals surface area contributed by atoms with E-state index < -0.39 is 4.92 Å². The van der Waals surface area contributed by atoms with Gasteiger partial charge in [-0.25, -0.2) is 0 Å². The summed E-state index contributed by atoms with van der Waals surface area (Å²) in [5, 5.41) is 29.4. The Bertz CT molecular complexity index is 1020. The van der Waals surface area contributed by atoms with E-state index in [1.807, 2.05) is 48.7 Å². The van der Waals surface area contributed by atoms with Crippen LogP contribution in [0.1, 0.15) is 18.1 Å². The summed E-state index contributed by atoms with van der Waals surface area (Å²) in [6.07, 6.45) is 0. The molecule has 130 valence electrons. The van der Waals surface area contributed by atoms with Crippen LogP contribution in [0, 0.1) is 28.4 Å². The van der Waals surface area contributed by atoms with Crippen LogP contribution >= 0.6 is 11.8 Å². The molecular formula is C18H15N5O2S. The molecule has 0 amide bonds. The largest absolute Gasteiger partial charge is 0.302 e. The predicted octanol–water partition coefficient (Wildman–Crippen LogP) is 4.20. The SMILES string of the molecule is CCn1c(Sc2ccc([N+](=O)[O-])cc2C#N)nnc1-c1ccccc1C. The zero-order valence-corrected chi connectivity index (χ0v) is 15.0. The van der Waals surface area contributed by atoms with Gasteiger partial charge in [0.1, 0.15) is 6.07 Å². The lowest BCUT2D eigenvalue weighted by Crippen LogP contribution is -2.01. The van der Waals surface area contributed by atoms with Gasteiger partial charge in [-0.2, -0.15) is 5.26 Å². The minimum atomic E-state index is -0.514. The van der Waals surface area contributed by atoms with Crippen LogP contribution in [0.5, 0.6) is 0 Å². The fraction of sp³-hybridized carbons (Fsp3) is 0.167. The first-order valence-electron chi connectivity index (χ1n) is 7.90. The zero-order chi connectivity index (χ0) is 18.7. The second kappa shape index (κ2) is 7.37. The highest BCUT2D eigenvalue weighted by Gasteiger charge is 2.18. The van der Waals surface area contributed by atoms with Crippen molar-refractivity contribution in [1.29, 1.82) is 5.26 Å². The van der Waals surface area contributed by atoms with E-state index >= 15 is 0 Å². The Morgan fingerprint density at radius 1 is 1.27 bits per heavy atom. The van der Waals surface area contributed by atoms with Gasteiger partial charge in [-0.15, -0.1) is 10.2 Å². The molecule has 7 nitrogen and oxygen atoms in total. The van der Waals surface area contributed by atoms with Crippen LogP contribution in [0.25, 0.3) is 11.4 Å². The number of nitrogens with zero attached hydrogens (tertiary/aromatic N) is 5. The first-order chi connectivity index (χ1) is 12.5. The molecule has 0 saturated heterocycles. The van der Waals surface area contributed by atoms with Gasteiger partial charge >= 0.3 is 0 Å². The van der Waals surface area contributed by atoms with Crippen molar-refractivity contribution in [3.63, 3.8) is 0 Å². The van der Waals surface area contributed by atoms with E-state index in [1.54, 1.807) is 6.07 Å². The normalized spacial score (nSPS) is 10.5. The third kappa shape index (κ3) is 3.30. The maximum atomic E-state index is 10.9. The number of benzene rings is 2. The van der Waals surface area contributed by atoms with Crippen molar-refractivity contribution in [2.45, 2.75) is 30.4 Å². The van der Waals surface area contributed by atoms with Crippen LogP contribution in [0.15, 0.2) is 52.5 Å². The molecule has 0 aliphatic carbocycles. The summed E-state index contributed by atoms with van der Waals surface area (Å²) in [5.74, 6) is 0.758. The average Bonchev–Trinajstić information content (AvgIpc) is 3.04. The molecule has 0 aliphatic rings. The highest BCUT2D eigenvalue weighted by molar-refractivity contribution is 7.99. The summed E-state index contributed by atoms with van der Waals surface area (Å²) in [7, 11) is 0. The quantitative estimate of drug-likeness (QED) is 0.496. The number of aromatic nitrogens is 3. The van der Waals surface area contributed by atoms with E-state index in [1.165, 1.54) is 23.9 Å². The lowest BCUT2D eigenvalue weighted by molar-refractivity contribution is -0.384. The summed E-state index contributed by atoms with van der Waals surface area (Å²) in [4.78, 5) is 11.0. The zero-order valence-electron chi connectivity index (χ0n) is 14.2. The number of rotatable bonds is 5. The van der Waals surface area contributed by atoms with Gasteiger partial charge in [0.15, 0.2) is 11.0 Å². The van der Waals surface area contributed by atoms with Crippen LogP contribution in [0.3, 0.4) is 0 Å². The van der Waals surface area contributed by atoms with Gasteiger partial charge in [-0.1, -0.05) is 24.3 Å². The van der Waals surface area contributed by atoms with Crippen molar-refractivity contribution >= 4 is 17.4 Å². The molecule has 0 aliphatic heterocycles. The van der Waals surface area contributed by atoms with Crippen LogP contribution in [-0.4, -0.2) is 19.7 Å². The van der Waals surface area contributed by atoms with Gasteiger partial charge in [-0.05, 0) is 37.2 Å². The van der Waals surface area contributed by atoms with Crippen molar-refractivity contribution in [2.75, 3.05) is 0 Å². The summed E-state index contributed by atoms with van der Waals surface area (Å²) in [6, 6.07) is 14.2. The van der Waals surface area contributed by atoms with Gasteiger partial charge < -0.3 is 4.57 Å². The number of aryl methyl sites for hydroxylation is 1. The third-order valence-corrected chi connectivity index (χ3v) is 4.98. The van der Waals surface area contributed by atoms with Crippen LogP contribution in [0.4, 0.5) is 5.69 Å². The second-order valence-corrected chi connectivity index (χ2v) is 6.53. The lowest BCUT2D eigenvalue weighted by Gasteiger charge is -2.09. The van der Waals surface area contributed by atoms with Gasteiger partial charge in [0.05, 0.1) is 10.5 Å². The van der Waals surface area contributed by atoms with Crippen molar-refractivity contribution in [2.24, 2.45) is 0 Å². The van der Waals surface area contributed by atoms with Gasteiger partial charge in [0.25, 0.3) is 5.69 Å². The lowest BCUT2D eigenvalue weighted by atomic mass is 10.1. The standard InChI is InChI=1S/C18H15N5O2S/c1-3-22-17(15-7-5-4-6-12(15)2)20-21-18(22)26-16-9-8-14(23(24)25)10-13(16)11-19/h4-10H,3H2,1-2H3. The summed E-state index contributed by atoms with van der Waals surface area (Å²) < 4.78 is 1.97. The van der Waals surface area contributed by atoms with Crippen LogP contribution in [-0.2, 0) is 6.54 Å².